The van der Waals surface area contributed by atoms with Crippen molar-refractivity contribution in [3.05, 3.63) is 54.2 Å². The van der Waals surface area contributed by atoms with E-state index in [1.54, 1.807) is 17.2 Å². The molecule has 1 unspecified atom stereocenters. The molecule has 0 aliphatic carbocycles. The molecule has 1 atom stereocenters. The van der Waals surface area contributed by atoms with E-state index in [2.05, 4.69) is 51.5 Å². The lowest BCUT2D eigenvalue weighted by Gasteiger charge is -2.13. The summed E-state index contributed by atoms with van der Waals surface area (Å²) in [5, 5.41) is 14.0. The zero-order valence-electron chi connectivity index (χ0n) is 12.5. The Morgan fingerprint density at radius 1 is 1.09 bits per heavy atom. The van der Waals surface area contributed by atoms with Gasteiger partial charge in [0.1, 0.15) is 12.2 Å². The molecule has 4 rings (SSSR count). The third-order valence-corrected chi connectivity index (χ3v) is 4.09. The van der Waals surface area contributed by atoms with Crippen molar-refractivity contribution in [1.82, 2.24) is 29.4 Å². The lowest BCUT2D eigenvalue weighted by Crippen LogP contribution is -2.06. The minimum absolute atomic E-state index is 0.201. The predicted octanol–water partition coefficient (Wildman–Crippen LogP) is 2.55. The molecule has 0 bridgehead atoms. The lowest BCUT2D eigenvalue weighted by atomic mass is 9.96. The van der Waals surface area contributed by atoms with E-state index < -0.39 is 0 Å². The van der Waals surface area contributed by atoms with Gasteiger partial charge in [0.2, 0.25) is 0 Å². The van der Waals surface area contributed by atoms with Crippen molar-refractivity contribution in [1.29, 1.82) is 0 Å². The normalized spacial score (nSPS) is 13.0. The summed E-state index contributed by atoms with van der Waals surface area (Å²) in [6, 6.07) is 10.4. The Morgan fingerprint density at radius 3 is 2.68 bits per heavy atom. The first-order valence-corrected chi connectivity index (χ1v) is 7.36. The summed E-state index contributed by atoms with van der Waals surface area (Å²) in [5.74, 6) is 1.12. The zero-order chi connectivity index (χ0) is 15.1. The average Bonchev–Trinajstić information content (AvgIpc) is 3.14. The number of hydrogen-bond acceptors (Lipinski definition) is 4. The number of hydrogen-bond donors (Lipinski definition) is 0. The van der Waals surface area contributed by atoms with Gasteiger partial charge in [-0.15, -0.1) is 10.2 Å². The van der Waals surface area contributed by atoms with Gasteiger partial charge in [0.15, 0.2) is 11.3 Å². The van der Waals surface area contributed by atoms with Gasteiger partial charge in [-0.1, -0.05) is 37.3 Å². The fourth-order valence-corrected chi connectivity index (χ4v) is 2.95. The van der Waals surface area contributed by atoms with Crippen LogP contribution >= 0.6 is 0 Å². The van der Waals surface area contributed by atoms with Crippen LogP contribution in [-0.2, 0) is 7.05 Å². The van der Waals surface area contributed by atoms with Gasteiger partial charge in [0.25, 0.3) is 0 Å². The highest BCUT2D eigenvalue weighted by Crippen LogP contribution is 2.27. The van der Waals surface area contributed by atoms with Crippen LogP contribution in [0.25, 0.3) is 16.7 Å². The standard InChI is InChI=1S/C16H16N6/c1-3-12(11-7-5-4-6-8-11)15-19-20-16-13-9-18-21(2)14(13)17-10-22(15)16/h4-10,12H,3H2,1-2H3. The third-order valence-electron chi connectivity index (χ3n) is 4.09. The minimum atomic E-state index is 0.201. The molecule has 0 radical (unpaired) electrons. The van der Waals surface area contributed by atoms with Crippen LogP contribution < -0.4 is 0 Å². The topological polar surface area (TPSA) is 60.9 Å². The molecule has 6 nitrogen and oxygen atoms in total. The molecule has 0 fully saturated rings. The molecule has 4 aromatic rings. The van der Waals surface area contributed by atoms with Crippen LogP contribution in [0.2, 0.25) is 0 Å². The van der Waals surface area contributed by atoms with Crippen molar-refractivity contribution < 1.29 is 0 Å². The van der Waals surface area contributed by atoms with Gasteiger partial charge in [-0.2, -0.15) is 5.10 Å². The summed E-state index contributed by atoms with van der Waals surface area (Å²) in [6.45, 7) is 2.16. The van der Waals surface area contributed by atoms with E-state index in [1.165, 1.54) is 5.56 Å². The van der Waals surface area contributed by atoms with Crippen molar-refractivity contribution in [3.63, 3.8) is 0 Å². The summed E-state index contributed by atoms with van der Waals surface area (Å²) in [6.07, 6.45) is 4.54. The first-order valence-electron chi connectivity index (χ1n) is 7.36. The van der Waals surface area contributed by atoms with Crippen molar-refractivity contribution >= 4 is 16.7 Å². The highest BCUT2D eigenvalue weighted by molar-refractivity contribution is 5.88. The van der Waals surface area contributed by atoms with Gasteiger partial charge < -0.3 is 0 Å². The maximum Gasteiger partial charge on any atom is 0.174 e. The third kappa shape index (κ3) is 1.80. The molecule has 0 saturated carbocycles. The Kier molecular flexibility index (Phi) is 2.89. The predicted molar refractivity (Wildman–Crippen MR) is 83.6 cm³/mol. The fraction of sp³-hybridized carbons (Fsp3) is 0.250. The molecule has 110 valence electrons. The van der Waals surface area contributed by atoms with Crippen LogP contribution in [0.4, 0.5) is 0 Å². The summed E-state index contributed by atoms with van der Waals surface area (Å²) >= 11 is 0. The van der Waals surface area contributed by atoms with E-state index in [-0.39, 0.29) is 5.92 Å². The van der Waals surface area contributed by atoms with Crippen molar-refractivity contribution in [2.24, 2.45) is 7.05 Å². The number of benzene rings is 1. The first kappa shape index (κ1) is 12.9. The molecule has 0 aliphatic rings. The number of nitrogens with zero attached hydrogens (tertiary/aromatic N) is 6. The van der Waals surface area contributed by atoms with Crippen LogP contribution in [0.3, 0.4) is 0 Å². The highest BCUT2D eigenvalue weighted by Gasteiger charge is 2.20. The maximum atomic E-state index is 4.50. The number of fused-ring (bicyclic) bond motifs is 3. The van der Waals surface area contributed by atoms with Gasteiger partial charge >= 0.3 is 0 Å². The quantitative estimate of drug-likeness (QED) is 0.582. The monoisotopic (exact) mass is 292 g/mol. The Bertz CT molecular complexity index is 937. The molecule has 3 heterocycles. The molecule has 22 heavy (non-hydrogen) atoms. The average molecular weight is 292 g/mol. The lowest BCUT2D eigenvalue weighted by molar-refractivity contribution is 0.703. The first-order chi connectivity index (χ1) is 10.8. The number of rotatable bonds is 3. The van der Waals surface area contributed by atoms with Gasteiger partial charge in [0, 0.05) is 13.0 Å². The van der Waals surface area contributed by atoms with Crippen LogP contribution in [-0.4, -0.2) is 29.4 Å². The molecule has 0 amide bonds. The van der Waals surface area contributed by atoms with Gasteiger partial charge in [-0.25, -0.2) is 4.98 Å². The SMILES string of the molecule is CCC(c1ccccc1)c1nnc2c3cnn(C)c3ncn12. The molecular formula is C16H16N6. The Labute approximate surface area is 127 Å². The second-order valence-electron chi connectivity index (χ2n) is 5.37. The van der Waals surface area contributed by atoms with E-state index in [0.717, 1.165) is 28.9 Å². The second kappa shape index (κ2) is 4.91. The van der Waals surface area contributed by atoms with Crippen molar-refractivity contribution in [3.8, 4) is 0 Å². The molecule has 0 N–H and O–H groups in total. The minimum Gasteiger partial charge on any atom is -0.268 e. The molecule has 0 aliphatic heterocycles. The summed E-state index contributed by atoms with van der Waals surface area (Å²) in [7, 11) is 1.88. The van der Waals surface area contributed by atoms with Crippen molar-refractivity contribution in [2.45, 2.75) is 19.3 Å². The van der Waals surface area contributed by atoms with Crippen LogP contribution in [0.5, 0.6) is 0 Å². The Morgan fingerprint density at radius 2 is 1.91 bits per heavy atom. The number of aryl methyl sites for hydroxylation is 1. The Balaban J connectivity index is 1.93. The summed E-state index contributed by atoms with van der Waals surface area (Å²) in [4.78, 5) is 4.50. The zero-order valence-corrected chi connectivity index (χ0v) is 12.5. The van der Waals surface area contributed by atoms with E-state index in [1.807, 2.05) is 17.5 Å². The Hall–Kier alpha value is -2.76. The second-order valence-corrected chi connectivity index (χ2v) is 5.37. The maximum absolute atomic E-state index is 4.50. The smallest absolute Gasteiger partial charge is 0.174 e. The largest absolute Gasteiger partial charge is 0.268 e. The van der Waals surface area contributed by atoms with Gasteiger partial charge in [0.05, 0.1) is 11.6 Å². The van der Waals surface area contributed by atoms with Crippen LogP contribution in [0.15, 0.2) is 42.9 Å². The summed E-state index contributed by atoms with van der Waals surface area (Å²) < 4.78 is 3.73. The molecule has 6 heteroatoms. The van der Waals surface area contributed by atoms with E-state index in [9.17, 15) is 0 Å². The summed E-state index contributed by atoms with van der Waals surface area (Å²) in [5.41, 5.74) is 2.87. The van der Waals surface area contributed by atoms with E-state index in [0.29, 0.717) is 0 Å². The highest BCUT2D eigenvalue weighted by atomic mass is 15.3. The number of aromatic nitrogens is 6. The van der Waals surface area contributed by atoms with Crippen LogP contribution in [0, 0.1) is 0 Å². The van der Waals surface area contributed by atoms with Crippen molar-refractivity contribution in [2.75, 3.05) is 0 Å². The molecule has 0 saturated heterocycles. The van der Waals surface area contributed by atoms with E-state index >= 15 is 0 Å². The van der Waals surface area contributed by atoms with Gasteiger partial charge in [-0.3, -0.25) is 9.08 Å². The fourth-order valence-electron chi connectivity index (χ4n) is 2.95. The van der Waals surface area contributed by atoms with E-state index in [4.69, 9.17) is 0 Å². The molecule has 1 aromatic carbocycles. The molecular weight excluding hydrogens is 276 g/mol. The van der Waals surface area contributed by atoms with Gasteiger partial charge in [-0.05, 0) is 12.0 Å². The molecule has 0 spiro atoms. The van der Waals surface area contributed by atoms with Crippen LogP contribution in [0.1, 0.15) is 30.7 Å². The molecule has 3 aromatic heterocycles.